The lowest BCUT2D eigenvalue weighted by Crippen LogP contribution is -2.42. The number of benzene rings is 2. The fourth-order valence-electron chi connectivity index (χ4n) is 2.52. The Hall–Kier alpha value is -3.22. The average Bonchev–Trinajstić information content (AvgIpc) is 2.64. The molecule has 2 N–H and O–H groups in total. The Balaban J connectivity index is 2.18. The van der Waals surface area contributed by atoms with E-state index in [-0.39, 0.29) is 5.56 Å². The largest absolute Gasteiger partial charge is 0.496 e. The van der Waals surface area contributed by atoms with Crippen LogP contribution in [0.15, 0.2) is 30.3 Å². The predicted molar refractivity (Wildman–Crippen MR) is 96.9 cm³/mol. The van der Waals surface area contributed by atoms with Crippen molar-refractivity contribution >= 4 is 11.8 Å². The molecule has 0 spiro atoms. The number of carbonyl (C=O) groups is 2. The molecule has 2 amide bonds. The number of nitrogens with one attached hydrogen (secondary N) is 2. The smallest absolute Gasteiger partial charge is 0.273 e. The zero-order chi connectivity index (χ0) is 19.3. The quantitative estimate of drug-likeness (QED) is 0.802. The van der Waals surface area contributed by atoms with E-state index in [1.54, 1.807) is 12.1 Å². The first-order chi connectivity index (χ1) is 12.4. The van der Waals surface area contributed by atoms with E-state index in [2.05, 4.69) is 10.9 Å². The third-order valence-electron chi connectivity index (χ3n) is 3.87. The van der Waals surface area contributed by atoms with Crippen molar-refractivity contribution in [3.05, 3.63) is 52.6 Å². The molecular formula is C19H22N2O5. The number of rotatable bonds is 5. The molecule has 2 rings (SSSR count). The number of ether oxygens (including phenoxy) is 3. The van der Waals surface area contributed by atoms with E-state index in [1.807, 2.05) is 26.0 Å². The lowest BCUT2D eigenvalue weighted by Gasteiger charge is -2.14. The third kappa shape index (κ3) is 4.05. The first-order valence-corrected chi connectivity index (χ1v) is 7.89. The van der Waals surface area contributed by atoms with E-state index in [4.69, 9.17) is 14.2 Å². The van der Waals surface area contributed by atoms with Crippen molar-refractivity contribution in [3.63, 3.8) is 0 Å². The van der Waals surface area contributed by atoms with Crippen LogP contribution in [-0.2, 0) is 0 Å². The van der Waals surface area contributed by atoms with Crippen LogP contribution in [0.1, 0.15) is 31.8 Å². The topological polar surface area (TPSA) is 85.9 Å². The summed E-state index contributed by atoms with van der Waals surface area (Å²) in [5.41, 5.74) is 7.35. The molecule has 2 aromatic carbocycles. The van der Waals surface area contributed by atoms with Crippen LogP contribution in [0, 0.1) is 13.8 Å². The van der Waals surface area contributed by atoms with Crippen molar-refractivity contribution in [2.75, 3.05) is 21.3 Å². The van der Waals surface area contributed by atoms with Gasteiger partial charge in [0, 0.05) is 17.7 Å². The van der Waals surface area contributed by atoms with Gasteiger partial charge in [-0.05, 0) is 25.5 Å². The van der Waals surface area contributed by atoms with Gasteiger partial charge in [-0.25, -0.2) is 0 Å². The van der Waals surface area contributed by atoms with Crippen LogP contribution in [0.4, 0.5) is 0 Å². The van der Waals surface area contributed by atoms with Gasteiger partial charge in [0.2, 0.25) is 0 Å². The van der Waals surface area contributed by atoms with Crippen LogP contribution in [-0.4, -0.2) is 33.1 Å². The van der Waals surface area contributed by atoms with Crippen molar-refractivity contribution in [2.45, 2.75) is 13.8 Å². The van der Waals surface area contributed by atoms with Crippen LogP contribution >= 0.6 is 0 Å². The molecule has 0 aliphatic rings. The van der Waals surface area contributed by atoms with Crippen molar-refractivity contribution in [1.82, 2.24) is 10.9 Å². The van der Waals surface area contributed by atoms with E-state index in [0.29, 0.717) is 22.8 Å². The SMILES string of the molecule is COc1cc(OC)c(C(=O)NNC(=O)c2ccc(C)cc2C)cc1OC. The molecule has 0 fully saturated rings. The second-order valence-corrected chi connectivity index (χ2v) is 5.63. The van der Waals surface area contributed by atoms with Crippen molar-refractivity contribution in [1.29, 1.82) is 0 Å². The highest BCUT2D eigenvalue weighted by molar-refractivity contribution is 6.01. The molecule has 0 aliphatic heterocycles. The van der Waals surface area contributed by atoms with Gasteiger partial charge in [0.15, 0.2) is 11.5 Å². The lowest BCUT2D eigenvalue weighted by atomic mass is 10.1. The van der Waals surface area contributed by atoms with Gasteiger partial charge in [-0.15, -0.1) is 0 Å². The monoisotopic (exact) mass is 358 g/mol. The summed E-state index contributed by atoms with van der Waals surface area (Å²) >= 11 is 0. The average molecular weight is 358 g/mol. The minimum absolute atomic E-state index is 0.200. The van der Waals surface area contributed by atoms with Gasteiger partial charge in [-0.2, -0.15) is 0 Å². The van der Waals surface area contributed by atoms with Crippen LogP contribution in [0.3, 0.4) is 0 Å². The molecule has 0 radical (unpaired) electrons. The molecule has 0 unspecified atom stereocenters. The van der Waals surface area contributed by atoms with E-state index in [0.717, 1.165) is 11.1 Å². The van der Waals surface area contributed by atoms with E-state index >= 15 is 0 Å². The fraction of sp³-hybridized carbons (Fsp3) is 0.263. The molecule has 7 heteroatoms. The number of amides is 2. The van der Waals surface area contributed by atoms with E-state index < -0.39 is 11.8 Å². The molecule has 138 valence electrons. The van der Waals surface area contributed by atoms with Gasteiger partial charge in [0.1, 0.15) is 5.75 Å². The molecule has 0 bridgehead atoms. The molecule has 26 heavy (non-hydrogen) atoms. The zero-order valence-electron chi connectivity index (χ0n) is 15.4. The highest BCUT2D eigenvalue weighted by atomic mass is 16.5. The number of aryl methyl sites for hydroxylation is 2. The normalized spacial score (nSPS) is 10.0. The Morgan fingerprint density at radius 1 is 0.731 bits per heavy atom. The molecule has 2 aromatic rings. The standard InChI is InChI=1S/C19H22N2O5/c1-11-6-7-13(12(2)8-11)18(22)20-21-19(23)14-9-16(25-4)17(26-5)10-15(14)24-3/h6-10H,1-5H3,(H,20,22)(H,21,23). The Morgan fingerprint density at radius 2 is 1.27 bits per heavy atom. The Bertz CT molecular complexity index is 833. The maximum atomic E-state index is 12.5. The maximum Gasteiger partial charge on any atom is 0.273 e. The summed E-state index contributed by atoms with van der Waals surface area (Å²) in [4.78, 5) is 24.8. The first-order valence-electron chi connectivity index (χ1n) is 7.89. The maximum absolute atomic E-state index is 12.5. The number of carbonyl (C=O) groups excluding carboxylic acids is 2. The molecule has 0 aromatic heterocycles. The molecule has 0 atom stereocenters. The number of hydrogen-bond donors (Lipinski definition) is 2. The first kappa shape index (κ1) is 19.1. The van der Waals surface area contributed by atoms with E-state index in [9.17, 15) is 9.59 Å². The van der Waals surface area contributed by atoms with Crippen molar-refractivity contribution in [2.24, 2.45) is 0 Å². The zero-order valence-corrected chi connectivity index (χ0v) is 15.4. The van der Waals surface area contributed by atoms with Crippen LogP contribution < -0.4 is 25.1 Å². The molecule has 7 nitrogen and oxygen atoms in total. The molecule has 0 heterocycles. The summed E-state index contributed by atoms with van der Waals surface area (Å²) in [6.07, 6.45) is 0. The predicted octanol–water partition coefficient (Wildman–Crippen LogP) is 2.40. The minimum Gasteiger partial charge on any atom is -0.496 e. The summed E-state index contributed by atoms with van der Waals surface area (Å²) in [7, 11) is 4.39. The number of methoxy groups -OCH3 is 3. The Labute approximate surface area is 152 Å². The third-order valence-corrected chi connectivity index (χ3v) is 3.87. The Morgan fingerprint density at radius 3 is 1.81 bits per heavy atom. The van der Waals surface area contributed by atoms with Crippen LogP contribution in [0.25, 0.3) is 0 Å². The lowest BCUT2D eigenvalue weighted by molar-refractivity contribution is 0.0844. The summed E-state index contributed by atoms with van der Waals surface area (Å²) in [5.74, 6) is 0.150. The van der Waals surface area contributed by atoms with Gasteiger partial charge in [-0.1, -0.05) is 17.7 Å². The van der Waals surface area contributed by atoms with E-state index in [1.165, 1.54) is 27.4 Å². The van der Waals surface area contributed by atoms with Gasteiger partial charge in [0.25, 0.3) is 11.8 Å². The minimum atomic E-state index is -0.541. The highest BCUT2D eigenvalue weighted by Gasteiger charge is 2.18. The second-order valence-electron chi connectivity index (χ2n) is 5.63. The van der Waals surface area contributed by atoms with Gasteiger partial charge < -0.3 is 14.2 Å². The second kappa shape index (κ2) is 8.24. The molecule has 0 saturated carbocycles. The summed E-state index contributed by atoms with van der Waals surface area (Å²) in [5, 5.41) is 0. The van der Waals surface area contributed by atoms with Crippen molar-refractivity contribution < 1.29 is 23.8 Å². The molecule has 0 saturated heterocycles. The number of hydrogen-bond acceptors (Lipinski definition) is 5. The molecule has 0 aliphatic carbocycles. The van der Waals surface area contributed by atoms with Gasteiger partial charge in [0.05, 0.1) is 26.9 Å². The van der Waals surface area contributed by atoms with Crippen LogP contribution in [0.5, 0.6) is 17.2 Å². The van der Waals surface area contributed by atoms with Crippen molar-refractivity contribution in [3.8, 4) is 17.2 Å². The molecular weight excluding hydrogens is 336 g/mol. The summed E-state index contributed by atoms with van der Waals surface area (Å²) in [6.45, 7) is 3.78. The van der Waals surface area contributed by atoms with Gasteiger partial charge >= 0.3 is 0 Å². The summed E-state index contributed by atoms with van der Waals surface area (Å²) in [6, 6.07) is 8.47. The fourth-order valence-corrected chi connectivity index (χ4v) is 2.52. The van der Waals surface area contributed by atoms with Gasteiger partial charge in [-0.3, -0.25) is 20.4 Å². The Kier molecular flexibility index (Phi) is 6.06. The summed E-state index contributed by atoms with van der Waals surface area (Å²) < 4.78 is 15.6. The highest BCUT2D eigenvalue weighted by Crippen LogP contribution is 2.34. The number of hydrazine groups is 1. The van der Waals surface area contributed by atoms with Crippen LogP contribution in [0.2, 0.25) is 0 Å².